The van der Waals surface area contributed by atoms with E-state index >= 15 is 0 Å². The SMILES string of the molecule is CNC(=O)c1ccc(NC(=O)CC(C)=O)c(C)c1. The molecule has 0 fully saturated rings. The molecule has 0 heterocycles. The van der Waals surface area contributed by atoms with Gasteiger partial charge in [0.2, 0.25) is 5.91 Å². The number of Topliss-reactive ketones (excluding diaryl/α,β-unsaturated/α-hetero) is 1. The molecule has 0 unspecified atom stereocenters. The Balaban J connectivity index is 2.83. The lowest BCUT2D eigenvalue weighted by Crippen LogP contribution is -2.19. The maximum absolute atomic E-state index is 11.4. The first-order valence-corrected chi connectivity index (χ1v) is 5.56. The van der Waals surface area contributed by atoms with Crippen LogP contribution in [0.25, 0.3) is 0 Å². The summed E-state index contributed by atoms with van der Waals surface area (Å²) < 4.78 is 0. The minimum Gasteiger partial charge on any atom is -0.355 e. The number of amides is 2. The fourth-order valence-electron chi connectivity index (χ4n) is 1.51. The Morgan fingerprint density at radius 3 is 2.39 bits per heavy atom. The summed E-state index contributed by atoms with van der Waals surface area (Å²) in [4.78, 5) is 33.6. The highest BCUT2D eigenvalue weighted by molar-refractivity contribution is 6.04. The van der Waals surface area contributed by atoms with Crippen LogP contribution in [0.1, 0.15) is 29.3 Å². The normalized spacial score (nSPS) is 9.72. The molecule has 0 aromatic heterocycles. The molecular weight excluding hydrogens is 232 g/mol. The van der Waals surface area contributed by atoms with E-state index in [-0.39, 0.29) is 24.0 Å². The minimum atomic E-state index is -0.349. The van der Waals surface area contributed by atoms with Gasteiger partial charge in [-0.3, -0.25) is 14.4 Å². The average Bonchev–Trinajstić information content (AvgIpc) is 2.29. The molecule has 5 heteroatoms. The molecule has 5 nitrogen and oxygen atoms in total. The van der Waals surface area contributed by atoms with Crippen LogP contribution in [-0.4, -0.2) is 24.6 Å². The van der Waals surface area contributed by atoms with Crippen molar-refractivity contribution in [3.63, 3.8) is 0 Å². The van der Waals surface area contributed by atoms with Crippen LogP contribution < -0.4 is 10.6 Å². The third kappa shape index (κ3) is 3.69. The number of ketones is 1. The maximum Gasteiger partial charge on any atom is 0.251 e. The molecule has 0 saturated carbocycles. The lowest BCUT2D eigenvalue weighted by molar-refractivity contribution is -0.124. The fraction of sp³-hybridized carbons (Fsp3) is 0.308. The van der Waals surface area contributed by atoms with Gasteiger partial charge in [0.05, 0.1) is 6.42 Å². The zero-order valence-electron chi connectivity index (χ0n) is 10.7. The number of benzene rings is 1. The smallest absolute Gasteiger partial charge is 0.251 e. The number of carbonyl (C=O) groups excluding carboxylic acids is 3. The number of hydrogen-bond donors (Lipinski definition) is 2. The first-order chi connectivity index (χ1) is 8.43. The average molecular weight is 248 g/mol. The second-order valence-electron chi connectivity index (χ2n) is 4.04. The van der Waals surface area contributed by atoms with Gasteiger partial charge in [0.25, 0.3) is 5.91 Å². The number of nitrogens with one attached hydrogen (secondary N) is 2. The van der Waals surface area contributed by atoms with E-state index in [2.05, 4.69) is 10.6 Å². The Hall–Kier alpha value is -2.17. The van der Waals surface area contributed by atoms with Gasteiger partial charge in [-0.25, -0.2) is 0 Å². The molecule has 1 rings (SSSR count). The number of carbonyl (C=O) groups is 3. The monoisotopic (exact) mass is 248 g/mol. The zero-order valence-corrected chi connectivity index (χ0v) is 10.7. The van der Waals surface area contributed by atoms with E-state index in [1.165, 1.54) is 6.92 Å². The van der Waals surface area contributed by atoms with Crippen LogP contribution in [0.2, 0.25) is 0 Å². The lowest BCUT2D eigenvalue weighted by atomic mass is 10.1. The molecule has 1 aromatic rings. The third-order valence-electron chi connectivity index (χ3n) is 2.40. The Morgan fingerprint density at radius 1 is 1.22 bits per heavy atom. The van der Waals surface area contributed by atoms with E-state index in [0.717, 1.165) is 5.56 Å². The highest BCUT2D eigenvalue weighted by Gasteiger charge is 2.09. The highest BCUT2D eigenvalue weighted by atomic mass is 16.2. The summed E-state index contributed by atoms with van der Waals surface area (Å²) in [5.41, 5.74) is 1.90. The van der Waals surface area contributed by atoms with Gasteiger partial charge in [-0.1, -0.05) is 0 Å². The number of aryl methyl sites for hydroxylation is 1. The Morgan fingerprint density at radius 2 is 1.89 bits per heavy atom. The van der Waals surface area contributed by atoms with Crippen LogP contribution >= 0.6 is 0 Å². The van der Waals surface area contributed by atoms with Gasteiger partial charge in [-0.2, -0.15) is 0 Å². The first kappa shape index (κ1) is 13.9. The van der Waals surface area contributed by atoms with Gasteiger partial charge in [0.15, 0.2) is 0 Å². The van der Waals surface area contributed by atoms with Gasteiger partial charge in [-0.05, 0) is 37.6 Å². The van der Waals surface area contributed by atoms with E-state index < -0.39 is 0 Å². The Bertz CT molecular complexity index is 495. The summed E-state index contributed by atoms with van der Waals surface area (Å²) in [7, 11) is 1.56. The van der Waals surface area contributed by atoms with Crippen LogP contribution in [0, 0.1) is 6.92 Å². The largest absolute Gasteiger partial charge is 0.355 e. The molecule has 0 saturated heterocycles. The number of anilines is 1. The molecule has 0 radical (unpaired) electrons. The maximum atomic E-state index is 11.4. The third-order valence-corrected chi connectivity index (χ3v) is 2.40. The predicted molar refractivity (Wildman–Crippen MR) is 68.5 cm³/mol. The molecule has 0 aliphatic rings. The molecule has 0 spiro atoms. The second-order valence-corrected chi connectivity index (χ2v) is 4.04. The Kier molecular flexibility index (Phi) is 4.59. The van der Waals surface area contributed by atoms with Crippen molar-refractivity contribution >= 4 is 23.3 Å². The summed E-state index contributed by atoms with van der Waals surface area (Å²) >= 11 is 0. The fourth-order valence-corrected chi connectivity index (χ4v) is 1.51. The van der Waals surface area contributed by atoms with Crippen molar-refractivity contribution in [3.05, 3.63) is 29.3 Å². The molecule has 1 aromatic carbocycles. The lowest BCUT2D eigenvalue weighted by Gasteiger charge is -2.09. The number of hydrogen-bond acceptors (Lipinski definition) is 3. The van der Waals surface area contributed by atoms with Crippen molar-refractivity contribution in [2.75, 3.05) is 12.4 Å². The molecule has 0 aliphatic carbocycles. The van der Waals surface area contributed by atoms with Gasteiger partial charge >= 0.3 is 0 Å². The van der Waals surface area contributed by atoms with Crippen molar-refractivity contribution in [2.45, 2.75) is 20.3 Å². The number of rotatable bonds is 4. The minimum absolute atomic E-state index is 0.142. The first-order valence-electron chi connectivity index (χ1n) is 5.56. The topological polar surface area (TPSA) is 75.3 Å². The van der Waals surface area contributed by atoms with Crippen LogP contribution in [-0.2, 0) is 9.59 Å². The summed E-state index contributed by atoms with van der Waals surface area (Å²) in [6, 6.07) is 4.95. The quantitative estimate of drug-likeness (QED) is 0.788. The van der Waals surface area contributed by atoms with Crippen LogP contribution in [0.15, 0.2) is 18.2 Å². The molecular formula is C13H16N2O3. The van der Waals surface area contributed by atoms with Crippen LogP contribution in [0.3, 0.4) is 0 Å². The molecule has 96 valence electrons. The van der Waals surface area contributed by atoms with Gasteiger partial charge < -0.3 is 10.6 Å². The molecule has 2 N–H and O–H groups in total. The predicted octanol–water partition coefficient (Wildman–Crippen LogP) is 1.27. The van der Waals surface area contributed by atoms with Crippen molar-refractivity contribution in [1.29, 1.82) is 0 Å². The van der Waals surface area contributed by atoms with Gasteiger partial charge in [0.1, 0.15) is 5.78 Å². The van der Waals surface area contributed by atoms with E-state index in [4.69, 9.17) is 0 Å². The van der Waals surface area contributed by atoms with E-state index in [0.29, 0.717) is 11.3 Å². The second kappa shape index (κ2) is 5.95. The van der Waals surface area contributed by atoms with Crippen molar-refractivity contribution in [1.82, 2.24) is 5.32 Å². The van der Waals surface area contributed by atoms with E-state index in [9.17, 15) is 14.4 Å². The van der Waals surface area contributed by atoms with Crippen LogP contribution in [0.5, 0.6) is 0 Å². The van der Waals surface area contributed by atoms with Gasteiger partial charge in [0, 0.05) is 18.3 Å². The Labute approximate surface area is 106 Å². The standard InChI is InChI=1S/C13H16N2O3/c1-8-6-10(13(18)14-3)4-5-11(8)15-12(17)7-9(2)16/h4-6H,7H2,1-3H3,(H,14,18)(H,15,17). The summed E-state index contributed by atoms with van der Waals surface area (Å²) in [6.45, 7) is 3.15. The molecule has 0 aliphatic heterocycles. The van der Waals surface area contributed by atoms with Crippen molar-refractivity contribution in [3.8, 4) is 0 Å². The van der Waals surface area contributed by atoms with Crippen molar-refractivity contribution < 1.29 is 14.4 Å². The van der Waals surface area contributed by atoms with Gasteiger partial charge in [-0.15, -0.1) is 0 Å². The van der Waals surface area contributed by atoms with E-state index in [1.54, 1.807) is 32.2 Å². The van der Waals surface area contributed by atoms with E-state index in [1.807, 2.05) is 0 Å². The zero-order chi connectivity index (χ0) is 13.7. The van der Waals surface area contributed by atoms with Crippen molar-refractivity contribution in [2.24, 2.45) is 0 Å². The summed E-state index contributed by atoms with van der Waals surface area (Å²) in [5, 5.41) is 5.16. The molecule has 18 heavy (non-hydrogen) atoms. The van der Waals surface area contributed by atoms with Crippen LogP contribution in [0.4, 0.5) is 5.69 Å². The molecule has 0 atom stereocenters. The summed E-state index contributed by atoms with van der Waals surface area (Å²) in [6.07, 6.45) is -0.142. The highest BCUT2D eigenvalue weighted by Crippen LogP contribution is 2.16. The summed E-state index contributed by atoms with van der Waals surface area (Å²) in [5.74, 6) is -0.717. The molecule has 0 bridgehead atoms. The molecule has 2 amide bonds.